The molecule has 2 amide bonds. The summed E-state index contributed by atoms with van der Waals surface area (Å²) in [5.74, 6) is 0.911. The lowest BCUT2D eigenvalue weighted by Crippen LogP contribution is -2.45. The van der Waals surface area contributed by atoms with E-state index in [1.54, 1.807) is 19.2 Å². The van der Waals surface area contributed by atoms with Gasteiger partial charge in [-0.1, -0.05) is 30.3 Å². The molecule has 246 valence electrons. The molecule has 6 heterocycles. The number of hydrogen-bond donors (Lipinski definition) is 1. The summed E-state index contributed by atoms with van der Waals surface area (Å²) >= 11 is 0. The second-order valence-corrected chi connectivity index (χ2v) is 13.3. The number of aromatic nitrogens is 4. The summed E-state index contributed by atoms with van der Waals surface area (Å²) in [6, 6.07) is 18.7. The third-order valence-corrected chi connectivity index (χ3v) is 10.1. The molecule has 3 fully saturated rings. The van der Waals surface area contributed by atoms with Gasteiger partial charge in [0, 0.05) is 36.5 Å². The van der Waals surface area contributed by atoms with Gasteiger partial charge in [-0.25, -0.2) is 14.8 Å². The lowest BCUT2D eigenvalue weighted by Gasteiger charge is -2.25. The monoisotopic (exact) mass is 646 g/mol. The average molecular weight is 647 g/mol. The average Bonchev–Trinajstić information content (AvgIpc) is 3.40. The van der Waals surface area contributed by atoms with Crippen molar-refractivity contribution in [2.24, 2.45) is 5.92 Å². The number of hydrogen-bond acceptors (Lipinski definition) is 7. The van der Waals surface area contributed by atoms with Crippen LogP contribution in [0.4, 0.5) is 4.79 Å². The molecule has 1 aromatic carbocycles. The molecule has 4 aromatic heterocycles. The number of carbonyl (C=O) groups is 3. The van der Waals surface area contributed by atoms with Crippen molar-refractivity contribution >= 4 is 34.5 Å². The number of nitrogens with zero attached hydrogens (tertiary/aromatic N) is 5. The van der Waals surface area contributed by atoms with Crippen molar-refractivity contribution in [3.8, 4) is 17.3 Å². The standard InChI is InChI=1S/C37H38N6O5/c1-21-34(31-15-25-11-13-28(22(2)44)38-35(25)41(31)19-23-9-10-23)40-32-16-26(17-33(47-3)42(21)32)36(45)43-27-12-14-30(43)29(18-27)39-37(46)48-20-24-7-5-4-6-8-24/h4-8,11,13,15-17,23,27,29-30H,9-10,12,14,18-20H2,1-3H3,(H,39,46)/t27-,29+,30+/m0/s1. The molecule has 11 heteroatoms. The van der Waals surface area contributed by atoms with Gasteiger partial charge in [0.25, 0.3) is 5.91 Å². The van der Waals surface area contributed by atoms with Crippen LogP contribution in [0.25, 0.3) is 28.1 Å². The third kappa shape index (κ3) is 5.27. The van der Waals surface area contributed by atoms with E-state index < -0.39 is 6.09 Å². The first-order valence-electron chi connectivity index (χ1n) is 16.7. The highest BCUT2D eigenvalue weighted by Gasteiger charge is 2.49. The number of Topliss-reactive ketones (excluding diaryl/α,β-unsaturated/α-hetero) is 1. The van der Waals surface area contributed by atoms with Crippen LogP contribution in [0.3, 0.4) is 0 Å². The van der Waals surface area contributed by atoms with Crippen LogP contribution in [0.1, 0.15) is 71.1 Å². The van der Waals surface area contributed by atoms with Crippen LogP contribution in [-0.2, 0) is 17.9 Å². The quantitative estimate of drug-likeness (QED) is 0.197. The highest BCUT2D eigenvalue weighted by Crippen LogP contribution is 2.40. The van der Waals surface area contributed by atoms with Gasteiger partial charge in [-0.2, -0.15) is 0 Å². The molecule has 1 saturated carbocycles. The van der Waals surface area contributed by atoms with Crippen molar-refractivity contribution in [2.45, 2.75) is 77.2 Å². The molecule has 0 unspecified atom stereocenters. The van der Waals surface area contributed by atoms with E-state index in [2.05, 4.69) is 16.0 Å². The summed E-state index contributed by atoms with van der Waals surface area (Å²) < 4.78 is 15.4. The third-order valence-electron chi connectivity index (χ3n) is 10.1. The van der Waals surface area contributed by atoms with Gasteiger partial charge in [-0.05, 0) is 74.8 Å². The Morgan fingerprint density at radius 1 is 0.979 bits per heavy atom. The molecule has 1 aliphatic carbocycles. The molecule has 48 heavy (non-hydrogen) atoms. The Kier molecular flexibility index (Phi) is 7.42. The highest BCUT2D eigenvalue weighted by molar-refractivity contribution is 5.97. The van der Waals surface area contributed by atoms with E-state index in [0.29, 0.717) is 35.1 Å². The van der Waals surface area contributed by atoms with E-state index in [1.165, 1.54) is 19.8 Å². The summed E-state index contributed by atoms with van der Waals surface area (Å²) in [5.41, 5.74) is 5.82. The number of amides is 2. The highest BCUT2D eigenvalue weighted by atomic mass is 16.5. The van der Waals surface area contributed by atoms with E-state index >= 15 is 0 Å². The van der Waals surface area contributed by atoms with E-state index in [1.807, 2.05) is 58.7 Å². The van der Waals surface area contributed by atoms with Crippen LogP contribution in [0.5, 0.6) is 5.88 Å². The van der Waals surface area contributed by atoms with Crippen LogP contribution in [0, 0.1) is 12.8 Å². The van der Waals surface area contributed by atoms with Crippen molar-refractivity contribution in [3.63, 3.8) is 0 Å². The molecule has 2 bridgehead atoms. The zero-order valence-electron chi connectivity index (χ0n) is 27.3. The number of alkyl carbamates (subject to hydrolysis) is 1. The fourth-order valence-corrected chi connectivity index (χ4v) is 7.58. The first-order valence-corrected chi connectivity index (χ1v) is 16.7. The number of ketones is 1. The van der Waals surface area contributed by atoms with Crippen LogP contribution in [0.15, 0.2) is 60.7 Å². The minimum atomic E-state index is -0.473. The summed E-state index contributed by atoms with van der Waals surface area (Å²) in [4.78, 5) is 50.7. The van der Waals surface area contributed by atoms with Crippen LogP contribution in [-0.4, -0.2) is 66.9 Å². The second-order valence-electron chi connectivity index (χ2n) is 13.3. The maximum absolute atomic E-state index is 14.2. The molecule has 0 spiro atoms. The van der Waals surface area contributed by atoms with Gasteiger partial charge in [0.2, 0.25) is 0 Å². The van der Waals surface area contributed by atoms with Gasteiger partial charge in [0.15, 0.2) is 11.7 Å². The molecular formula is C37H38N6O5. The molecule has 3 atom stereocenters. The lowest BCUT2D eigenvalue weighted by molar-refractivity contribution is 0.0719. The van der Waals surface area contributed by atoms with E-state index in [-0.39, 0.29) is 36.4 Å². The van der Waals surface area contributed by atoms with Gasteiger partial charge in [0.1, 0.15) is 29.3 Å². The summed E-state index contributed by atoms with van der Waals surface area (Å²) in [5, 5.41) is 3.97. The summed E-state index contributed by atoms with van der Waals surface area (Å²) in [7, 11) is 1.60. The summed E-state index contributed by atoms with van der Waals surface area (Å²) in [6.07, 6.45) is 4.26. The summed E-state index contributed by atoms with van der Waals surface area (Å²) in [6.45, 7) is 4.53. The van der Waals surface area contributed by atoms with Crippen molar-refractivity contribution in [1.82, 2.24) is 29.2 Å². The number of benzene rings is 1. The lowest BCUT2D eigenvalue weighted by atomic mass is 9.96. The predicted octanol–water partition coefficient (Wildman–Crippen LogP) is 5.95. The minimum absolute atomic E-state index is 0.0340. The Morgan fingerprint density at radius 3 is 2.54 bits per heavy atom. The second kappa shape index (κ2) is 11.8. The molecule has 5 aromatic rings. The molecule has 3 aliphatic rings. The normalized spacial score (nSPS) is 20.1. The molecule has 8 rings (SSSR count). The zero-order valence-corrected chi connectivity index (χ0v) is 27.3. The molecule has 11 nitrogen and oxygen atoms in total. The topological polar surface area (TPSA) is 120 Å². The zero-order chi connectivity index (χ0) is 33.1. The van der Waals surface area contributed by atoms with Crippen LogP contribution >= 0.6 is 0 Å². The van der Waals surface area contributed by atoms with E-state index in [0.717, 1.165) is 53.1 Å². The SMILES string of the molecule is COc1cc(C(=O)N2[C@H]3CC[C@@H]2[C@H](NC(=O)OCc2ccccc2)C3)cc2nc(-c3cc4ccc(C(C)=O)nc4n3CC3CC3)c(C)n12. The number of carbonyl (C=O) groups excluding carboxylic acids is 3. The van der Waals surface area contributed by atoms with Crippen LogP contribution in [0.2, 0.25) is 0 Å². The predicted molar refractivity (Wildman–Crippen MR) is 179 cm³/mol. The maximum atomic E-state index is 14.2. The van der Waals surface area contributed by atoms with Gasteiger partial charge in [-0.3, -0.25) is 14.0 Å². The Hall–Kier alpha value is -5.19. The first kappa shape index (κ1) is 30.2. The van der Waals surface area contributed by atoms with Crippen LogP contribution < -0.4 is 10.1 Å². The number of nitrogens with one attached hydrogen (secondary N) is 1. The number of imidazole rings is 1. The van der Waals surface area contributed by atoms with Gasteiger partial charge in [0.05, 0.1) is 30.6 Å². The minimum Gasteiger partial charge on any atom is -0.482 e. The number of pyridine rings is 2. The number of methoxy groups -OCH3 is 1. The Balaban J connectivity index is 1.08. The number of rotatable bonds is 9. The maximum Gasteiger partial charge on any atom is 0.407 e. The largest absolute Gasteiger partial charge is 0.482 e. The fraction of sp³-hybridized carbons (Fsp3) is 0.378. The van der Waals surface area contributed by atoms with Crippen molar-refractivity contribution in [2.75, 3.05) is 7.11 Å². The Morgan fingerprint density at radius 2 is 1.79 bits per heavy atom. The van der Waals surface area contributed by atoms with Crippen molar-refractivity contribution in [3.05, 3.63) is 83.2 Å². The van der Waals surface area contributed by atoms with E-state index in [4.69, 9.17) is 19.4 Å². The first-order chi connectivity index (χ1) is 23.3. The van der Waals surface area contributed by atoms with Gasteiger partial charge >= 0.3 is 6.09 Å². The number of aryl methyl sites for hydroxylation is 1. The number of ether oxygens (including phenoxy) is 2. The Bertz CT molecular complexity index is 2080. The fourth-order valence-electron chi connectivity index (χ4n) is 7.58. The van der Waals surface area contributed by atoms with Gasteiger partial charge < -0.3 is 24.3 Å². The number of fused-ring (bicyclic) bond motifs is 4. The molecule has 1 N–H and O–H groups in total. The molecule has 2 aliphatic heterocycles. The molecular weight excluding hydrogens is 608 g/mol. The van der Waals surface area contributed by atoms with Gasteiger partial charge in [-0.15, -0.1) is 0 Å². The smallest absolute Gasteiger partial charge is 0.407 e. The van der Waals surface area contributed by atoms with Crippen molar-refractivity contribution < 1.29 is 23.9 Å². The molecule has 0 radical (unpaired) electrons. The van der Waals surface area contributed by atoms with Crippen molar-refractivity contribution in [1.29, 1.82) is 0 Å². The van der Waals surface area contributed by atoms with E-state index in [9.17, 15) is 14.4 Å². The molecule has 2 saturated heterocycles. The Labute approximate surface area is 277 Å².